The summed E-state index contributed by atoms with van der Waals surface area (Å²) < 4.78 is 20.3. The number of carbonyl (C=O) groups excluding carboxylic acids is 2. The van der Waals surface area contributed by atoms with Gasteiger partial charge in [-0.15, -0.1) is 0 Å². The van der Waals surface area contributed by atoms with Crippen LogP contribution in [0.25, 0.3) is 0 Å². The summed E-state index contributed by atoms with van der Waals surface area (Å²) in [7, 11) is 1.53. The average molecular weight is 449 g/mol. The lowest BCUT2D eigenvalue weighted by molar-refractivity contribution is -0.142. The number of benzene rings is 3. The second kappa shape index (κ2) is 11.3. The van der Waals surface area contributed by atoms with Crippen molar-refractivity contribution in [2.75, 3.05) is 13.7 Å². The molecule has 3 aromatic carbocycles. The maximum absolute atomic E-state index is 14.5. The molecule has 0 aromatic heterocycles. The molecular formula is C27H29FN2O3. The zero-order valence-corrected chi connectivity index (χ0v) is 19.2. The van der Waals surface area contributed by atoms with Gasteiger partial charge in [0, 0.05) is 25.6 Å². The molecule has 5 nitrogen and oxygen atoms in total. The normalized spacial score (nSPS) is 11.5. The summed E-state index contributed by atoms with van der Waals surface area (Å²) in [5, 5.41) is 2.64. The molecule has 1 N–H and O–H groups in total. The number of halogens is 1. The van der Waals surface area contributed by atoms with Gasteiger partial charge in [-0.3, -0.25) is 9.59 Å². The first kappa shape index (κ1) is 24.0. The molecule has 0 bridgehead atoms. The molecule has 0 saturated heterocycles. The maximum atomic E-state index is 14.5. The van der Waals surface area contributed by atoms with Crippen LogP contribution < -0.4 is 10.1 Å². The molecule has 0 aliphatic rings. The first-order valence-electron chi connectivity index (χ1n) is 10.9. The van der Waals surface area contributed by atoms with E-state index in [1.807, 2.05) is 56.3 Å². The Morgan fingerprint density at radius 3 is 2.36 bits per heavy atom. The predicted octanol–water partition coefficient (Wildman–Crippen LogP) is 4.21. The van der Waals surface area contributed by atoms with Crippen molar-refractivity contribution in [1.29, 1.82) is 0 Å². The number of carbonyl (C=O) groups is 2. The van der Waals surface area contributed by atoms with Crippen LogP contribution in [0, 0.1) is 19.7 Å². The van der Waals surface area contributed by atoms with Crippen LogP contribution in [0.3, 0.4) is 0 Å². The Morgan fingerprint density at radius 1 is 0.970 bits per heavy atom. The number of ether oxygens (including phenoxy) is 1. The first-order valence-corrected chi connectivity index (χ1v) is 10.9. The third kappa shape index (κ3) is 6.19. The predicted molar refractivity (Wildman–Crippen MR) is 126 cm³/mol. The standard InChI is InChI=1S/C27H29FN2O3/c1-19-10-9-15-25(20(19)2)33-18-26(31)30(17-22-13-7-8-14-23(22)28)24(27(32)29-3)16-21-11-5-4-6-12-21/h4-15,24H,16-18H2,1-3H3,(H,29,32). The van der Waals surface area contributed by atoms with E-state index >= 15 is 0 Å². The lowest BCUT2D eigenvalue weighted by Crippen LogP contribution is -2.51. The smallest absolute Gasteiger partial charge is 0.261 e. The van der Waals surface area contributed by atoms with Crippen molar-refractivity contribution in [2.24, 2.45) is 0 Å². The number of nitrogens with one attached hydrogen (secondary N) is 1. The number of nitrogens with zero attached hydrogens (tertiary/aromatic N) is 1. The summed E-state index contributed by atoms with van der Waals surface area (Å²) >= 11 is 0. The summed E-state index contributed by atoms with van der Waals surface area (Å²) in [6.07, 6.45) is 0.296. The zero-order chi connectivity index (χ0) is 23.8. The van der Waals surface area contributed by atoms with Crippen LogP contribution in [0.2, 0.25) is 0 Å². The molecule has 6 heteroatoms. The fourth-order valence-electron chi connectivity index (χ4n) is 3.63. The molecule has 3 aromatic rings. The van der Waals surface area contributed by atoms with E-state index in [-0.39, 0.29) is 19.1 Å². The van der Waals surface area contributed by atoms with Gasteiger partial charge in [0.05, 0.1) is 0 Å². The van der Waals surface area contributed by atoms with E-state index in [0.717, 1.165) is 16.7 Å². The Labute approximate surface area is 194 Å². The quantitative estimate of drug-likeness (QED) is 0.534. The van der Waals surface area contributed by atoms with Crippen LogP contribution in [-0.4, -0.2) is 36.4 Å². The molecule has 0 fully saturated rings. The van der Waals surface area contributed by atoms with Gasteiger partial charge in [0.15, 0.2) is 6.61 Å². The number of aryl methyl sites for hydroxylation is 1. The van der Waals surface area contributed by atoms with Crippen molar-refractivity contribution in [1.82, 2.24) is 10.2 Å². The minimum absolute atomic E-state index is 0.0490. The molecule has 0 saturated carbocycles. The van der Waals surface area contributed by atoms with Crippen LogP contribution in [0.1, 0.15) is 22.3 Å². The highest BCUT2D eigenvalue weighted by Crippen LogP contribution is 2.22. The van der Waals surface area contributed by atoms with Crippen LogP contribution in [0.5, 0.6) is 5.75 Å². The molecule has 0 heterocycles. The van der Waals surface area contributed by atoms with Gasteiger partial charge in [0.1, 0.15) is 17.6 Å². The van der Waals surface area contributed by atoms with Gasteiger partial charge in [-0.25, -0.2) is 4.39 Å². The SMILES string of the molecule is CNC(=O)C(Cc1ccccc1)N(Cc1ccccc1F)C(=O)COc1cccc(C)c1C. The van der Waals surface area contributed by atoms with Crippen molar-refractivity contribution in [3.8, 4) is 5.75 Å². The molecule has 1 atom stereocenters. The van der Waals surface area contributed by atoms with Crippen LogP contribution in [0.15, 0.2) is 72.8 Å². The summed E-state index contributed by atoms with van der Waals surface area (Å²) in [5.41, 5.74) is 3.22. The number of rotatable bonds is 9. The number of hydrogen-bond donors (Lipinski definition) is 1. The largest absolute Gasteiger partial charge is 0.483 e. The molecule has 33 heavy (non-hydrogen) atoms. The highest BCUT2D eigenvalue weighted by Gasteiger charge is 2.30. The van der Waals surface area contributed by atoms with Gasteiger partial charge < -0.3 is 15.0 Å². The van der Waals surface area contributed by atoms with E-state index in [0.29, 0.717) is 17.7 Å². The Morgan fingerprint density at radius 2 is 1.67 bits per heavy atom. The van der Waals surface area contributed by atoms with Gasteiger partial charge in [-0.05, 0) is 42.7 Å². The van der Waals surface area contributed by atoms with Crippen molar-refractivity contribution in [3.05, 3.63) is 101 Å². The molecule has 2 amide bonds. The number of amides is 2. The van der Waals surface area contributed by atoms with E-state index in [1.54, 1.807) is 24.3 Å². The summed E-state index contributed by atoms with van der Waals surface area (Å²) in [6, 6.07) is 20.5. The highest BCUT2D eigenvalue weighted by atomic mass is 19.1. The van der Waals surface area contributed by atoms with Gasteiger partial charge in [0.25, 0.3) is 5.91 Å². The lowest BCUT2D eigenvalue weighted by atomic mass is 10.0. The average Bonchev–Trinajstić information content (AvgIpc) is 2.83. The van der Waals surface area contributed by atoms with Crippen molar-refractivity contribution in [3.63, 3.8) is 0 Å². The van der Waals surface area contributed by atoms with Crippen molar-refractivity contribution >= 4 is 11.8 Å². The molecule has 0 spiro atoms. The summed E-state index contributed by atoms with van der Waals surface area (Å²) in [6.45, 7) is 3.58. The van der Waals surface area contributed by atoms with Gasteiger partial charge in [-0.1, -0.05) is 60.7 Å². The lowest BCUT2D eigenvalue weighted by Gasteiger charge is -2.31. The molecule has 1 unspecified atom stereocenters. The molecule has 172 valence electrons. The van der Waals surface area contributed by atoms with Crippen molar-refractivity contribution in [2.45, 2.75) is 32.9 Å². The first-order chi connectivity index (χ1) is 15.9. The fourth-order valence-corrected chi connectivity index (χ4v) is 3.63. The van der Waals surface area contributed by atoms with Crippen molar-refractivity contribution < 1.29 is 18.7 Å². The van der Waals surface area contributed by atoms with E-state index < -0.39 is 17.8 Å². The second-order valence-corrected chi connectivity index (χ2v) is 7.92. The molecule has 3 rings (SSSR count). The van der Waals surface area contributed by atoms with Gasteiger partial charge in [-0.2, -0.15) is 0 Å². The molecule has 0 radical (unpaired) electrons. The van der Waals surface area contributed by atoms with Gasteiger partial charge >= 0.3 is 0 Å². The Kier molecular flexibility index (Phi) is 8.19. The van der Waals surface area contributed by atoms with E-state index in [9.17, 15) is 14.0 Å². The molecule has 0 aliphatic carbocycles. The fraction of sp³-hybridized carbons (Fsp3) is 0.259. The maximum Gasteiger partial charge on any atom is 0.261 e. The Hall–Kier alpha value is -3.67. The number of hydrogen-bond acceptors (Lipinski definition) is 3. The zero-order valence-electron chi connectivity index (χ0n) is 19.2. The second-order valence-electron chi connectivity index (χ2n) is 7.92. The Bertz CT molecular complexity index is 1100. The van der Waals surface area contributed by atoms with Crippen LogP contribution in [-0.2, 0) is 22.6 Å². The highest BCUT2D eigenvalue weighted by molar-refractivity contribution is 5.88. The third-order valence-electron chi connectivity index (χ3n) is 5.72. The molecular weight excluding hydrogens is 419 g/mol. The Balaban J connectivity index is 1.90. The minimum atomic E-state index is -0.827. The molecule has 0 aliphatic heterocycles. The van der Waals surface area contributed by atoms with E-state index in [4.69, 9.17) is 4.74 Å². The summed E-state index contributed by atoms with van der Waals surface area (Å²) in [5.74, 6) is -0.547. The van der Waals surface area contributed by atoms with Crippen LogP contribution >= 0.6 is 0 Å². The summed E-state index contributed by atoms with van der Waals surface area (Å²) in [4.78, 5) is 27.6. The topological polar surface area (TPSA) is 58.6 Å². The number of likely N-dealkylation sites (N-methyl/N-ethyl adjacent to an activating group) is 1. The van der Waals surface area contributed by atoms with E-state index in [2.05, 4.69) is 5.32 Å². The van der Waals surface area contributed by atoms with E-state index in [1.165, 1.54) is 18.0 Å². The van der Waals surface area contributed by atoms with Gasteiger partial charge in [0.2, 0.25) is 5.91 Å². The minimum Gasteiger partial charge on any atom is -0.483 e. The third-order valence-corrected chi connectivity index (χ3v) is 5.72. The monoisotopic (exact) mass is 448 g/mol. The van der Waals surface area contributed by atoms with Crippen LogP contribution in [0.4, 0.5) is 4.39 Å².